The van der Waals surface area contributed by atoms with Crippen molar-refractivity contribution in [3.63, 3.8) is 0 Å². The predicted octanol–water partition coefficient (Wildman–Crippen LogP) is 5.94. The first-order chi connectivity index (χ1) is 14.2. The van der Waals surface area contributed by atoms with Crippen LogP contribution >= 0.6 is 11.6 Å². The van der Waals surface area contributed by atoms with E-state index in [4.69, 9.17) is 11.6 Å². The Morgan fingerprint density at radius 1 is 1.00 bits per heavy atom. The fourth-order valence-corrected chi connectivity index (χ4v) is 3.21. The number of amides is 2. The van der Waals surface area contributed by atoms with E-state index in [1.807, 2.05) is 36.4 Å². The van der Waals surface area contributed by atoms with Crippen LogP contribution in [0.25, 0.3) is 11.1 Å². The zero-order valence-corrected chi connectivity index (χ0v) is 17.6. The first kappa shape index (κ1) is 21.3. The molecule has 7 heteroatoms. The van der Waals surface area contributed by atoms with Crippen molar-refractivity contribution in [2.75, 3.05) is 10.2 Å². The maximum atomic E-state index is 12.8. The molecule has 0 radical (unpaired) electrons. The van der Waals surface area contributed by atoms with Crippen molar-refractivity contribution in [1.82, 2.24) is 4.98 Å². The standard InChI is InChI=1S/C23H22ClN3O3/c1-23(2,3)27(22(29)30)19-11-9-16(15-7-5-4-6-8-15)13-18(19)26-21(28)17-10-12-20(24)25-14-17/h4-14H,1-3H3,(H,26,28)(H,29,30). The lowest BCUT2D eigenvalue weighted by Crippen LogP contribution is -2.45. The quantitative estimate of drug-likeness (QED) is 0.509. The summed E-state index contributed by atoms with van der Waals surface area (Å²) in [6.07, 6.45) is 0.260. The highest BCUT2D eigenvalue weighted by Gasteiger charge is 2.30. The molecule has 30 heavy (non-hydrogen) atoms. The number of nitrogens with one attached hydrogen (secondary N) is 1. The molecule has 2 amide bonds. The summed E-state index contributed by atoms with van der Waals surface area (Å²) in [7, 11) is 0. The minimum atomic E-state index is -1.11. The van der Waals surface area contributed by atoms with Crippen molar-refractivity contribution < 1.29 is 14.7 Å². The minimum Gasteiger partial charge on any atom is -0.465 e. The second-order valence-electron chi connectivity index (χ2n) is 7.71. The summed E-state index contributed by atoms with van der Waals surface area (Å²) >= 11 is 5.80. The predicted molar refractivity (Wildman–Crippen MR) is 119 cm³/mol. The molecule has 6 nitrogen and oxygen atoms in total. The molecule has 0 aliphatic carbocycles. The summed E-state index contributed by atoms with van der Waals surface area (Å²) in [4.78, 5) is 30.0. The summed E-state index contributed by atoms with van der Waals surface area (Å²) in [5.41, 5.74) is 2.15. The lowest BCUT2D eigenvalue weighted by atomic mass is 10.0. The maximum Gasteiger partial charge on any atom is 0.412 e. The first-order valence-corrected chi connectivity index (χ1v) is 9.70. The molecule has 0 saturated heterocycles. The van der Waals surface area contributed by atoms with Gasteiger partial charge in [-0.3, -0.25) is 9.69 Å². The van der Waals surface area contributed by atoms with Gasteiger partial charge >= 0.3 is 6.09 Å². The molecule has 0 fully saturated rings. The molecule has 0 saturated carbocycles. The van der Waals surface area contributed by atoms with E-state index in [9.17, 15) is 14.7 Å². The average Bonchev–Trinajstić information content (AvgIpc) is 2.69. The number of benzene rings is 2. The minimum absolute atomic E-state index is 0.281. The molecule has 1 aromatic heterocycles. The summed E-state index contributed by atoms with van der Waals surface area (Å²) in [6.45, 7) is 5.38. The fraction of sp³-hybridized carbons (Fsp3) is 0.174. The van der Waals surface area contributed by atoms with Gasteiger partial charge in [-0.25, -0.2) is 9.78 Å². The first-order valence-electron chi connectivity index (χ1n) is 9.32. The summed E-state index contributed by atoms with van der Waals surface area (Å²) < 4.78 is 0. The number of hydrogen-bond donors (Lipinski definition) is 2. The van der Waals surface area contributed by atoms with Gasteiger partial charge in [0.15, 0.2) is 0 Å². The van der Waals surface area contributed by atoms with Crippen molar-refractivity contribution in [2.45, 2.75) is 26.3 Å². The molecular weight excluding hydrogens is 402 g/mol. The van der Waals surface area contributed by atoms with Crippen LogP contribution in [-0.4, -0.2) is 27.6 Å². The third-order valence-electron chi connectivity index (χ3n) is 4.44. The van der Waals surface area contributed by atoms with Crippen LogP contribution in [0.2, 0.25) is 5.15 Å². The Labute approximate surface area is 180 Å². The zero-order valence-electron chi connectivity index (χ0n) is 16.9. The number of aromatic nitrogens is 1. The van der Waals surface area contributed by atoms with Gasteiger partial charge in [0, 0.05) is 11.7 Å². The van der Waals surface area contributed by atoms with Gasteiger partial charge in [0.05, 0.1) is 16.9 Å². The van der Waals surface area contributed by atoms with Crippen molar-refractivity contribution in [3.8, 4) is 11.1 Å². The van der Waals surface area contributed by atoms with E-state index in [2.05, 4.69) is 10.3 Å². The number of hydrogen-bond acceptors (Lipinski definition) is 3. The van der Waals surface area contributed by atoms with Gasteiger partial charge in [-0.2, -0.15) is 0 Å². The van der Waals surface area contributed by atoms with Crippen LogP contribution in [0, 0.1) is 0 Å². The topological polar surface area (TPSA) is 82.5 Å². The number of carbonyl (C=O) groups is 2. The van der Waals surface area contributed by atoms with Gasteiger partial charge in [-0.05, 0) is 56.2 Å². The van der Waals surface area contributed by atoms with Gasteiger partial charge in [-0.15, -0.1) is 0 Å². The maximum absolute atomic E-state index is 12.8. The van der Waals surface area contributed by atoms with Gasteiger partial charge in [-0.1, -0.05) is 48.0 Å². The van der Waals surface area contributed by atoms with E-state index in [1.54, 1.807) is 39.0 Å². The molecule has 154 valence electrons. The van der Waals surface area contributed by atoms with Gasteiger partial charge in [0.1, 0.15) is 5.15 Å². The Balaban J connectivity index is 2.09. The van der Waals surface area contributed by atoms with E-state index in [0.29, 0.717) is 16.9 Å². The normalized spacial score (nSPS) is 11.1. The summed E-state index contributed by atoms with van der Waals surface area (Å²) in [6, 6.07) is 18.0. The van der Waals surface area contributed by atoms with Crippen LogP contribution in [0.5, 0.6) is 0 Å². The number of rotatable bonds is 4. The van der Waals surface area contributed by atoms with Crippen LogP contribution in [0.4, 0.5) is 16.2 Å². The molecule has 1 heterocycles. The van der Waals surface area contributed by atoms with Crippen LogP contribution in [0.3, 0.4) is 0 Å². The zero-order chi connectivity index (χ0) is 21.9. The Bertz CT molecular complexity index is 1060. The Kier molecular flexibility index (Phi) is 6.08. The fourth-order valence-electron chi connectivity index (χ4n) is 3.10. The summed E-state index contributed by atoms with van der Waals surface area (Å²) in [5, 5.41) is 13.0. The van der Waals surface area contributed by atoms with Crippen LogP contribution in [0.15, 0.2) is 66.9 Å². The number of carboxylic acid groups (broad SMARTS) is 1. The molecular formula is C23H22ClN3O3. The number of nitrogens with zero attached hydrogens (tertiary/aromatic N) is 2. The molecule has 0 spiro atoms. The van der Waals surface area contributed by atoms with E-state index < -0.39 is 17.5 Å². The van der Waals surface area contributed by atoms with Crippen LogP contribution in [0.1, 0.15) is 31.1 Å². The molecule has 0 bridgehead atoms. The van der Waals surface area contributed by atoms with Gasteiger partial charge in [0.2, 0.25) is 0 Å². The third-order valence-corrected chi connectivity index (χ3v) is 4.67. The number of carbonyl (C=O) groups excluding carboxylic acids is 1. The number of pyridine rings is 1. The van der Waals surface area contributed by atoms with Crippen LogP contribution < -0.4 is 10.2 Å². The smallest absolute Gasteiger partial charge is 0.412 e. The van der Waals surface area contributed by atoms with Gasteiger partial charge < -0.3 is 10.4 Å². The lowest BCUT2D eigenvalue weighted by molar-refractivity contribution is 0.102. The highest BCUT2D eigenvalue weighted by Crippen LogP contribution is 2.35. The molecule has 0 aliphatic rings. The Hall–Kier alpha value is -3.38. The van der Waals surface area contributed by atoms with Gasteiger partial charge in [0.25, 0.3) is 5.91 Å². The average molecular weight is 424 g/mol. The molecule has 3 aromatic rings. The molecule has 0 unspecified atom stereocenters. The van der Waals surface area contributed by atoms with E-state index in [-0.39, 0.29) is 5.15 Å². The van der Waals surface area contributed by atoms with E-state index in [0.717, 1.165) is 11.1 Å². The van der Waals surface area contributed by atoms with E-state index in [1.165, 1.54) is 17.2 Å². The summed E-state index contributed by atoms with van der Waals surface area (Å²) in [5.74, 6) is -0.412. The second-order valence-corrected chi connectivity index (χ2v) is 8.10. The highest BCUT2D eigenvalue weighted by atomic mass is 35.5. The van der Waals surface area contributed by atoms with Crippen molar-refractivity contribution in [3.05, 3.63) is 77.6 Å². The van der Waals surface area contributed by atoms with Crippen molar-refractivity contribution in [1.29, 1.82) is 0 Å². The van der Waals surface area contributed by atoms with Crippen molar-refractivity contribution >= 4 is 35.0 Å². The molecule has 2 N–H and O–H groups in total. The Morgan fingerprint density at radius 2 is 1.70 bits per heavy atom. The van der Waals surface area contributed by atoms with Crippen molar-refractivity contribution in [2.24, 2.45) is 0 Å². The molecule has 0 aliphatic heterocycles. The molecule has 3 rings (SSSR count). The van der Waals surface area contributed by atoms with E-state index >= 15 is 0 Å². The second kappa shape index (κ2) is 8.55. The Morgan fingerprint density at radius 3 is 2.27 bits per heavy atom. The van der Waals surface area contributed by atoms with Crippen LogP contribution in [-0.2, 0) is 0 Å². The lowest BCUT2D eigenvalue weighted by Gasteiger charge is -2.34. The molecule has 2 aromatic carbocycles. The number of halogens is 1. The third kappa shape index (κ3) is 4.78. The monoisotopic (exact) mass is 423 g/mol. The number of anilines is 2. The molecule has 0 atom stereocenters. The highest BCUT2D eigenvalue weighted by molar-refractivity contribution is 6.29. The SMILES string of the molecule is CC(C)(C)N(C(=O)O)c1ccc(-c2ccccc2)cc1NC(=O)c1ccc(Cl)nc1. The largest absolute Gasteiger partial charge is 0.465 e.